The van der Waals surface area contributed by atoms with Gasteiger partial charge < -0.3 is 10.6 Å². The number of carbonyl (C=O) groups is 1. The van der Waals surface area contributed by atoms with E-state index in [0.29, 0.717) is 0 Å². The Balaban J connectivity index is 1.44. The minimum absolute atomic E-state index is 0.120. The lowest BCUT2D eigenvalue weighted by atomic mass is 10.1. The van der Waals surface area contributed by atoms with E-state index in [4.69, 9.17) is 0 Å². The summed E-state index contributed by atoms with van der Waals surface area (Å²) in [6, 6.07) is 2.89. The molecule has 2 N–H and O–H groups in total. The monoisotopic (exact) mass is 292 g/mol. The van der Waals surface area contributed by atoms with Crippen LogP contribution in [-0.2, 0) is 12.8 Å². The minimum atomic E-state index is 0.120. The Morgan fingerprint density at radius 1 is 1.20 bits per heavy atom. The van der Waals surface area contributed by atoms with Crippen molar-refractivity contribution in [1.29, 1.82) is 0 Å². The van der Waals surface area contributed by atoms with Crippen molar-refractivity contribution >= 4 is 17.2 Å². The van der Waals surface area contributed by atoms with E-state index in [1.54, 1.807) is 11.3 Å². The molecule has 1 fully saturated rings. The quantitative estimate of drug-likeness (QED) is 0.625. The van der Waals surface area contributed by atoms with Gasteiger partial charge in [-0.05, 0) is 63.1 Å². The predicted octanol–water partition coefficient (Wildman–Crippen LogP) is 2.89. The molecule has 0 unspecified atom stereocenters. The molecule has 0 bridgehead atoms. The molecule has 0 saturated heterocycles. The fourth-order valence-corrected chi connectivity index (χ4v) is 3.92. The molecule has 0 spiro atoms. The fourth-order valence-electron chi connectivity index (χ4n) is 2.75. The van der Waals surface area contributed by atoms with Gasteiger partial charge in [0.1, 0.15) is 0 Å². The Kier molecular flexibility index (Phi) is 4.73. The lowest BCUT2D eigenvalue weighted by Crippen LogP contribution is -2.27. The Morgan fingerprint density at radius 3 is 2.90 bits per heavy atom. The van der Waals surface area contributed by atoms with E-state index in [0.717, 1.165) is 36.9 Å². The topological polar surface area (TPSA) is 41.1 Å². The van der Waals surface area contributed by atoms with Crippen LogP contribution in [0.3, 0.4) is 0 Å². The summed E-state index contributed by atoms with van der Waals surface area (Å²) in [5.74, 6) is 0.120. The van der Waals surface area contributed by atoms with Crippen molar-refractivity contribution in [2.75, 3.05) is 13.1 Å². The lowest BCUT2D eigenvalue weighted by molar-refractivity contribution is 0.0957. The van der Waals surface area contributed by atoms with Crippen molar-refractivity contribution in [2.45, 2.75) is 57.4 Å². The van der Waals surface area contributed by atoms with Crippen LogP contribution in [0.4, 0.5) is 0 Å². The van der Waals surface area contributed by atoms with Crippen LogP contribution in [-0.4, -0.2) is 25.0 Å². The molecule has 1 aromatic rings. The molecule has 3 nitrogen and oxygen atoms in total. The molecule has 20 heavy (non-hydrogen) atoms. The van der Waals surface area contributed by atoms with Gasteiger partial charge in [0.15, 0.2) is 0 Å². The molecule has 110 valence electrons. The van der Waals surface area contributed by atoms with Crippen molar-refractivity contribution in [2.24, 2.45) is 0 Å². The number of carbonyl (C=O) groups excluding carboxylic acids is 1. The third-order valence-corrected chi connectivity index (χ3v) is 5.36. The van der Waals surface area contributed by atoms with Crippen LogP contribution in [0.5, 0.6) is 0 Å². The number of amides is 1. The summed E-state index contributed by atoms with van der Waals surface area (Å²) in [6.45, 7) is 1.80. The van der Waals surface area contributed by atoms with Gasteiger partial charge in [-0.25, -0.2) is 0 Å². The average molecular weight is 292 g/mol. The molecule has 3 rings (SSSR count). The number of rotatable bonds is 6. The first-order chi connectivity index (χ1) is 9.83. The summed E-state index contributed by atoms with van der Waals surface area (Å²) in [4.78, 5) is 14.5. The highest BCUT2D eigenvalue weighted by atomic mass is 32.1. The third-order valence-electron chi connectivity index (χ3n) is 4.12. The molecular weight excluding hydrogens is 268 g/mol. The Hall–Kier alpha value is -0.870. The number of nitrogens with one attached hydrogen (secondary N) is 2. The molecular formula is C16H24N2OS. The summed E-state index contributed by atoms with van der Waals surface area (Å²) in [5.41, 5.74) is 1.42. The number of aryl methyl sites for hydroxylation is 2. The van der Waals surface area contributed by atoms with Gasteiger partial charge in [0.05, 0.1) is 4.88 Å². The number of hydrogen-bond donors (Lipinski definition) is 2. The molecule has 1 amide bonds. The second-order valence-corrected chi connectivity index (χ2v) is 7.09. The first-order valence-corrected chi connectivity index (χ1v) is 8.78. The van der Waals surface area contributed by atoms with Crippen LogP contribution < -0.4 is 10.6 Å². The summed E-state index contributed by atoms with van der Waals surface area (Å²) in [5, 5.41) is 6.52. The van der Waals surface area contributed by atoms with Gasteiger partial charge in [0.25, 0.3) is 5.91 Å². The maximum atomic E-state index is 12.1. The van der Waals surface area contributed by atoms with E-state index in [1.165, 1.54) is 49.0 Å². The van der Waals surface area contributed by atoms with Gasteiger partial charge >= 0.3 is 0 Å². The van der Waals surface area contributed by atoms with E-state index in [2.05, 4.69) is 16.7 Å². The fraction of sp³-hybridized carbons (Fsp3) is 0.688. The van der Waals surface area contributed by atoms with Gasteiger partial charge in [-0.2, -0.15) is 0 Å². The standard InChI is InChI=1S/C16H24N2OS/c19-16(18-10-4-9-17-13-7-8-13)15-11-12-5-2-1-3-6-14(12)20-15/h11,13,17H,1-10H2,(H,18,19). The second-order valence-electron chi connectivity index (χ2n) is 5.96. The van der Waals surface area contributed by atoms with Crippen molar-refractivity contribution in [3.8, 4) is 0 Å². The lowest BCUT2D eigenvalue weighted by Gasteiger charge is -2.04. The maximum absolute atomic E-state index is 12.1. The van der Waals surface area contributed by atoms with Crippen LogP contribution in [0, 0.1) is 0 Å². The minimum Gasteiger partial charge on any atom is -0.351 e. The summed E-state index contributed by atoms with van der Waals surface area (Å²) >= 11 is 1.71. The third kappa shape index (κ3) is 3.83. The molecule has 1 heterocycles. The highest BCUT2D eigenvalue weighted by Crippen LogP contribution is 2.28. The van der Waals surface area contributed by atoms with Crippen molar-refractivity contribution in [1.82, 2.24) is 10.6 Å². The Labute approximate surface area is 125 Å². The number of fused-ring (bicyclic) bond motifs is 1. The number of thiophene rings is 1. The van der Waals surface area contributed by atoms with E-state index in [-0.39, 0.29) is 5.91 Å². The van der Waals surface area contributed by atoms with Crippen LogP contribution in [0.25, 0.3) is 0 Å². The van der Waals surface area contributed by atoms with Crippen LogP contribution in [0.2, 0.25) is 0 Å². The van der Waals surface area contributed by atoms with Gasteiger partial charge in [-0.15, -0.1) is 11.3 Å². The SMILES string of the molecule is O=C(NCCCNC1CC1)c1cc2c(s1)CCCCC2. The average Bonchev–Trinajstić information content (AvgIpc) is 3.22. The highest BCUT2D eigenvalue weighted by molar-refractivity contribution is 7.14. The maximum Gasteiger partial charge on any atom is 0.261 e. The normalized spacial score (nSPS) is 18.4. The van der Waals surface area contributed by atoms with Crippen LogP contribution >= 0.6 is 11.3 Å². The van der Waals surface area contributed by atoms with E-state index >= 15 is 0 Å². The molecule has 1 aromatic heterocycles. The summed E-state index contributed by atoms with van der Waals surface area (Å²) in [7, 11) is 0. The number of hydrogen-bond acceptors (Lipinski definition) is 3. The molecule has 0 aromatic carbocycles. The largest absolute Gasteiger partial charge is 0.351 e. The van der Waals surface area contributed by atoms with E-state index in [9.17, 15) is 4.79 Å². The molecule has 4 heteroatoms. The molecule has 2 aliphatic rings. The summed E-state index contributed by atoms with van der Waals surface area (Å²) in [6.07, 6.45) is 9.88. The smallest absolute Gasteiger partial charge is 0.261 e. The summed E-state index contributed by atoms with van der Waals surface area (Å²) < 4.78 is 0. The predicted molar refractivity (Wildman–Crippen MR) is 83.6 cm³/mol. The zero-order valence-electron chi connectivity index (χ0n) is 12.0. The molecule has 0 radical (unpaired) electrons. The second kappa shape index (κ2) is 6.72. The zero-order valence-corrected chi connectivity index (χ0v) is 12.9. The van der Waals surface area contributed by atoms with Gasteiger partial charge in [-0.3, -0.25) is 4.79 Å². The molecule has 0 aliphatic heterocycles. The van der Waals surface area contributed by atoms with E-state index in [1.807, 2.05) is 0 Å². The van der Waals surface area contributed by atoms with Gasteiger partial charge in [-0.1, -0.05) is 6.42 Å². The first-order valence-electron chi connectivity index (χ1n) is 7.96. The molecule has 0 atom stereocenters. The van der Waals surface area contributed by atoms with Gasteiger partial charge in [0, 0.05) is 17.5 Å². The Morgan fingerprint density at radius 2 is 2.05 bits per heavy atom. The van der Waals surface area contributed by atoms with Gasteiger partial charge in [0.2, 0.25) is 0 Å². The Bertz CT molecular complexity index is 442. The zero-order chi connectivity index (χ0) is 13.8. The highest BCUT2D eigenvalue weighted by Gasteiger charge is 2.19. The van der Waals surface area contributed by atoms with Crippen LogP contribution in [0.15, 0.2) is 6.07 Å². The van der Waals surface area contributed by atoms with Crippen molar-refractivity contribution in [3.63, 3.8) is 0 Å². The first kappa shape index (κ1) is 14.1. The van der Waals surface area contributed by atoms with Crippen LogP contribution in [0.1, 0.15) is 58.6 Å². The van der Waals surface area contributed by atoms with Crippen molar-refractivity contribution < 1.29 is 4.79 Å². The molecule has 2 aliphatic carbocycles. The molecule has 1 saturated carbocycles. The van der Waals surface area contributed by atoms with E-state index < -0.39 is 0 Å². The van der Waals surface area contributed by atoms with Crippen molar-refractivity contribution in [3.05, 3.63) is 21.4 Å².